The monoisotopic (exact) mass is 497 g/mol. The number of hydrogen-bond donors (Lipinski definition) is 1. The third-order valence-corrected chi connectivity index (χ3v) is 9.43. The highest BCUT2D eigenvalue weighted by molar-refractivity contribution is 8.02. The second-order valence-electron chi connectivity index (χ2n) is 7.69. The fraction of sp³-hybridized carbons (Fsp3) is 0.550. The highest BCUT2D eigenvalue weighted by Gasteiger charge is 2.32. The van der Waals surface area contributed by atoms with Gasteiger partial charge in [-0.3, -0.25) is 4.79 Å². The topological polar surface area (TPSA) is 105 Å². The third kappa shape index (κ3) is 5.60. The van der Waals surface area contributed by atoms with Crippen LogP contribution in [0.25, 0.3) is 0 Å². The molecule has 174 valence electrons. The molecule has 4 rings (SSSR count). The van der Waals surface area contributed by atoms with E-state index in [1.54, 1.807) is 35.2 Å². The smallest absolute Gasteiger partial charge is 0.243 e. The van der Waals surface area contributed by atoms with E-state index in [1.165, 1.54) is 27.4 Å². The molecule has 1 N–H and O–H groups in total. The van der Waals surface area contributed by atoms with Crippen LogP contribution in [0, 0.1) is 0 Å². The van der Waals surface area contributed by atoms with Gasteiger partial charge in [0.05, 0.1) is 16.2 Å². The van der Waals surface area contributed by atoms with Crippen molar-refractivity contribution in [2.45, 2.75) is 40.4 Å². The van der Waals surface area contributed by atoms with Crippen molar-refractivity contribution in [1.29, 1.82) is 0 Å². The number of benzene rings is 1. The third-order valence-electron chi connectivity index (χ3n) is 5.47. The van der Waals surface area contributed by atoms with Gasteiger partial charge in [0.1, 0.15) is 0 Å². The lowest BCUT2D eigenvalue weighted by atomic mass is 10.2. The van der Waals surface area contributed by atoms with E-state index >= 15 is 0 Å². The predicted octanol–water partition coefficient (Wildman–Crippen LogP) is 2.14. The zero-order chi connectivity index (χ0) is 22.6. The molecule has 12 heteroatoms. The van der Waals surface area contributed by atoms with E-state index in [2.05, 4.69) is 15.5 Å². The Morgan fingerprint density at radius 3 is 2.69 bits per heavy atom. The molecule has 2 atom stereocenters. The largest absolute Gasteiger partial charge is 0.376 e. The van der Waals surface area contributed by atoms with Gasteiger partial charge in [0.2, 0.25) is 21.1 Å². The Balaban J connectivity index is 1.26. The number of nitrogens with one attached hydrogen (secondary N) is 1. The van der Waals surface area contributed by atoms with E-state index in [9.17, 15) is 13.2 Å². The Hall–Kier alpha value is -1.73. The number of sulfonamides is 1. The molecule has 0 bridgehead atoms. The highest BCUT2D eigenvalue weighted by Crippen LogP contribution is 2.30. The van der Waals surface area contributed by atoms with Crippen molar-refractivity contribution in [2.75, 3.05) is 44.6 Å². The zero-order valence-corrected chi connectivity index (χ0v) is 20.3. The summed E-state index contributed by atoms with van der Waals surface area (Å²) in [4.78, 5) is 14.9. The second-order valence-corrected chi connectivity index (χ2v) is 12.2. The van der Waals surface area contributed by atoms with Gasteiger partial charge in [0, 0.05) is 39.3 Å². The number of carbonyl (C=O) groups excluding carboxylic acids is 1. The lowest BCUT2D eigenvalue weighted by Crippen LogP contribution is -2.52. The zero-order valence-electron chi connectivity index (χ0n) is 17.8. The van der Waals surface area contributed by atoms with Crippen molar-refractivity contribution >= 4 is 44.2 Å². The minimum Gasteiger partial charge on any atom is -0.376 e. The average Bonchev–Trinajstić information content (AvgIpc) is 3.50. The first-order valence-corrected chi connectivity index (χ1v) is 13.8. The molecular formula is C20H27N5O4S3. The molecule has 0 spiro atoms. The van der Waals surface area contributed by atoms with Gasteiger partial charge in [-0.15, -0.1) is 10.2 Å². The number of amides is 1. The van der Waals surface area contributed by atoms with Gasteiger partial charge >= 0.3 is 0 Å². The lowest BCUT2D eigenvalue weighted by molar-refractivity contribution is -0.131. The van der Waals surface area contributed by atoms with Gasteiger partial charge in [0.25, 0.3) is 0 Å². The Morgan fingerprint density at radius 1 is 1.25 bits per heavy atom. The number of piperazine rings is 1. The molecule has 2 aliphatic rings. The number of ether oxygens (including phenoxy) is 1. The Bertz CT molecular complexity index is 1000. The van der Waals surface area contributed by atoms with Crippen LogP contribution in [0.5, 0.6) is 0 Å². The maximum atomic E-state index is 12.9. The molecule has 2 fully saturated rings. The summed E-state index contributed by atoms with van der Waals surface area (Å²) in [6.45, 7) is 4.70. The molecule has 2 saturated heterocycles. The molecule has 1 amide bonds. The van der Waals surface area contributed by atoms with Gasteiger partial charge in [-0.1, -0.05) is 41.3 Å². The van der Waals surface area contributed by atoms with Crippen LogP contribution in [0.4, 0.5) is 5.13 Å². The van der Waals surface area contributed by atoms with Crippen LogP contribution in [-0.4, -0.2) is 84.4 Å². The van der Waals surface area contributed by atoms with Crippen LogP contribution in [-0.2, 0) is 19.6 Å². The first-order valence-electron chi connectivity index (χ1n) is 10.6. The predicted molar refractivity (Wildman–Crippen MR) is 124 cm³/mol. The molecule has 0 radical (unpaired) electrons. The Morgan fingerprint density at radius 2 is 2.00 bits per heavy atom. The van der Waals surface area contributed by atoms with E-state index in [4.69, 9.17) is 4.74 Å². The fourth-order valence-electron chi connectivity index (χ4n) is 3.68. The second kappa shape index (κ2) is 10.5. The number of rotatable bonds is 8. The van der Waals surface area contributed by atoms with Gasteiger partial charge in [-0.25, -0.2) is 8.42 Å². The van der Waals surface area contributed by atoms with Crippen molar-refractivity contribution in [3.8, 4) is 0 Å². The van der Waals surface area contributed by atoms with E-state index < -0.39 is 10.0 Å². The molecule has 3 heterocycles. The number of carbonyl (C=O) groups is 1. The summed E-state index contributed by atoms with van der Waals surface area (Å²) < 4.78 is 33.3. The number of thioether (sulfide) groups is 1. The average molecular weight is 498 g/mol. The van der Waals surface area contributed by atoms with Crippen LogP contribution in [0.1, 0.15) is 19.8 Å². The quantitative estimate of drug-likeness (QED) is 0.553. The first kappa shape index (κ1) is 23.4. The van der Waals surface area contributed by atoms with E-state index in [1.807, 2.05) is 6.92 Å². The maximum absolute atomic E-state index is 12.9. The Labute approximate surface area is 196 Å². The number of hydrogen-bond acceptors (Lipinski definition) is 9. The van der Waals surface area contributed by atoms with Crippen molar-refractivity contribution in [3.63, 3.8) is 0 Å². The molecule has 9 nitrogen and oxygen atoms in total. The molecular weight excluding hydrogens is 470 g/mol. The van der Waals surface area contributed by atoms with Gasteiger partial charge in [-0.2, -0.15) is 4.31 Å². The minimum atomic E-state index is -3.53. The molecule has 1 aromatic carbocycles. The highest BCUT2D eigenvalue weighted by atomic mass is 32.2. The number of aromatic nitrogens is 2. The van der Waals surface area contributed by atoms with Crippen molar-refractivity contribution in [1.82, 2.24) is 19.4 Å². The number of nitrogens with zero attached hydrogens (tertiary/aromatic N) is 4. The SMILES string of the molecule is C[C@@H](Sc1nnc(NC[C@@H]2CCCO2)s1)C(=O)N1CCN(S(=O)(=O)c2ccccc2)CC1. The maximum Gasteiger partial charge on any atom is 0.243 e. The van der Waals surface area contributed by atoms with Crippen LogP contribution in [0.15, 0.2) is 39.6 Å². The normalized spacial score (nSPS) is 20.9. The summed E-state index contributed by atoms with van der Waals surface area (Å²) in [5.74, 6) is -0.0178. The van der Waals surface area contributed by atoms with E-state index in [0.29, 0.717) is 19.6 Å². The summed E-state index contributed by atoms with van der Waals surface area (Å²) in [6.07, 6.45) is 2.37. The van der Waals surface area contributed by atoms with Crippen LogP contribution in [0.2, 0.25) is 0 Å². The van der Waals surface area contributed by atoms with Crippen molar-refractivity contribution in [3.05, 3.63) is 30.3 Å². The molecule has 2 aliphatic heterocycles. The fourth-order valence-corrected chi connectivity index (χ4v) is 7.11. The molecule has 2 aromatic rings. The molecule has 0 saturated carbocycles. The first-order chi connectivity index (χ1) is 15.4. The molecule has 0 unspecified atom stereocenters. The van der Waals surface area contributed by atoms with Gasteiger partial charge in [0.15, 0.2) is 4.34 Å². The summed E-state index contributed by atoms with van der Waals surface area (Å²) in [5, 5.41) is 12.0. The summed E-state index contributed by atoms with van der Waals surface area (Å²) in [5.41, 5.74) is 0. The standard InChI is InChI=1S/C20H27N5O4S3/c1-15(30-20-23-22-19(31-20)21-14-16-6-5-13-29-16)18(26)24-9-11-25(12-10-24)32(27,28)17-7-3-2-4-8-17/h2-4,7-8,15-16H,5-6,9-14H2,1H3,(H,21,22)/t15-,16+/m1/s1. The van der Waals surface area contributed by atoms with Gasteiger partial charge < -0.3 is 15.0 Å². The summed E-state index contributed by atoms with van der Waals surface area (Å²) in [6, 6.07) is 8.40. The summed E-state index contributed by atoms with van der Waals surface area (Å²) in [7, 11) is -3.53. The van der Waals surface area contributed by atoms with Crippen molar-refractivity contribution < 1.29 is 17.9 Å². The van der Waals surface area contributed by atoms with E-state index in [0.717, 1.165) is 28.9 Å². The van der Waals surface area contributed by atoms with Gasteiger partial charge in [-0.05, 0) is 31.9 Å². The van der Waals surface area contributed by atoms with Crippen LogP contribution in [0.3, 0.4) is 0 Å². The molecule has 1 aromatic heterocycles. The Kier molecular flexibility index (Phi) is 7.66. The minimum absolute atomic E-state index is 0.0178. The summed E-state index contributed by atoms with van der Waals surface area (Å²) >= 11 is 2.80. The van der Waals surface area contributed by atoms with E-state index in [-0.39, 0.29) is 35.2 Å². The van der Waals surface area contributed by atoms with Crippen molar-refractivity contribution in [2.24, 2.45) is 0 Å². The van der Waals surface area contributed by atoms with Crippen LogP contribution >= 0.6 is 23.1 Å². The number of anilines is 1. The molecule has 0 aliphatic carbocycles. The van der Waals surface area contributed by atoms with Crippen LogP contribution < -0.4 is 5.32 Å². The molecule has 32 heavy (non-hydrogen) atoms. The lowest BCUT2D eigenvalue weighted by Gasteiger charge is -2.35.